The minimum Gasteiger partial charge on any atom is -0.383 e. The molecule has 1 aliphatic heterocycles. The van der Waals surface area contributed by atoms with Crippen molar-refractivity contribution >= 4 is 28.5 Å². The molecule has 2 aliphatic rings. The Morgan fingerprint density at radius 2 is 2.03 bits per heavy atom. The fourth-order valence-corrected chi connectivity index (χ4v) is 5.61. The zero-order chi connectivity index (χ0) is 22.5. The fourth-order valence-electron chi connectivity index (χ4n) is 5.44. The molecule has 3 aromatic heterocycles. The van der Waals surface area contributed by atoms with Crippen molar-refractivity contribution in [1.82, 2.24) is 29.2 Å². The highest BCUT2D eigenvalue weighted by Crippen LogP contribution is 2.44. The molecule has 170 valence electrons. The predicted molar refractivity (Wildman–Crippen MR) is 131 cm³/mol. The zero-order valence-corrected chi connectivity index (χ0v) is 19.5. The molecular formula is C25H28ClN7. The van der Waals surface area contributed by atoms with Gasteiger partial charge in [-0.05, 0) is 73.5 Å². The number of halogens is 1. The van der Waals surface area contributed by atoms with E-state index in [9.17, 15) is 0 Å². The summed E-state index contributed by atoms with van der Waals surface area (Å²) in [5, 5.41) is 5.61. The largest absolute Gasteiger partial charge is 0.383 e. The Bertz CT molecular complexity index is 1320. The number of likely N-dealkylation sites (tertiary alicyclic amines) is 1. The first-order chi connectivity index (χ1) is 16.0. The Labute approximate surface area is 198 Å². The highest BCUT2D eigenvalue weighted by atomic mass is 35.5. The van der Waals surface area contributed by atoms with Gasteiger partial charge in [0.25, 0.3) is 0 Å². The standard InChI is InChI=1S/C25H28ClN7/c1-31-11-8-21(30-31)20-15-33(24-22(20)23(27)28-25(26)29-24)19-7-6-18(13-19)17-5-2-4-16(12-17)14-32-9-3-10-32/h2,4-5,8,11-12,15,18-19H,3,6-7,9-10,13-14H2,1H3,(H2,27,28,29). The molecule has 4 heterocycles. The fraction of sp³-hybridized carbons (Fsp3) is 0.400. The first-order valence-electron chi connectivity index (χ1n) is 11.7. The quantitative estimate of drug-likeness (QED) is 0.432. The van der Waals surface area contributed by atoms with E-state index in [1.54, 1.807) is 4.68 Å². The van der Waals surface area contributed by atoms with Crippen LogP contribution in [0.1, 0.15) is 48.8 Å². The van der Waals surface area contributed by atoms with Crippen molar-refractivity contribution < 1.29 is 0 Å². The second kappa shape index (κ2) is 8.15. The van der Waals surface area contributed by atoms with Crippen LogP contribution in [-0.4, -0.2) is 42.3 Å². The van der Waals surface area contributed by atoms with Crippen LogP contribution in [0.3, 0.4) is 0 Å². The summed E-state index contributed by atoms with van der Waals surface area (Å²) in [4.78, 5) is 11.3. The second-order valence-corrected chi connectivity index (χ2v) is 9.78. The van der Waals surface area contributed by atoms with Crippen LogP contribution in [0.5, 0.6) is 0 Å². The lowest BCUT2D eigenvalue weighted by Gasteiger charge is -2.30. The van der Waals surface area contributed by atoms with E-state index in [2.05, 4.69) is 55.0 Å². The zero-order valence-electron chi connectivity index (χ0n) is 18.8. The van der Waals surface area contributed by atoms with Crippen molar-refractivity contribution in [3.8, 4) is 11.3 Å². The van der Waals surface area contributed by atoms with Crippen LogP contribution in [0.4, 0.5) is 5.82 Å². The Morgan fingerprint density at radius 3 is 2.79 bits per heavy atom. The van der Waals surface area contributed by atoms with E-state index >= 15 is 0 Å². The third-order valence-corrected chi connectivity index (χ3v) is 7.41. The summed E-state index contributed by atoms with van der Waals surface area (Å²) in [6.07, 6.45) is 8.72. The van der Waals surface area contributed by atoms with Crippen molar-refractivity contribution in [2.24, 2.45) is 7.05 Å². The number of nitrogens with zero attached hydrogens (tertiary/aromatic N) is 6. The van der Waals surface area contributed by atoms with Gasteiger partial charge in [0.15, 0.2) is 0 Å². The van der Waals surface area contributed by atoms with E-state index in [0.717, 1.165) is 48.1 Å². The van der Waals surface area contributed by atoms with Crippen LogP contribution in [-0.2, 0) is 13.6 Å². The summed E-state index contributed by atoms with van der Waals surface area (Å²) in [7, 11) is 1.91. The Morgan fingerprint density at radius 1 is 1.15 bits per heavy atom. The maximum atomic E-state index is 6.32. The number of aromatic nitrogens is 5. The first-order valence-corrected chi connectivity index (χ1v) is 12.1. The molecule has 4 aromatic rings. The van der Waals surface area contributed by atoms with Crippen LogP contribution in [0.25, 0.3) is 22.3 Å². The van der Waals surface area contributed by atoms with Gasteiger partial charge in [-0.15, -0.1) is 0 Å². The summed E-state index contributed by atoms with van der Waals surface area (Å²) in [5.74, 6) is 0.939. The van der Waals surface area contributed by atoms with E-state index in [1.165, 1.54) is 30.6 Å². The van der Waals surface area contributed by atoms with Gasteiger partial charge < -0.3 is 10.3 Å². The number of hydrogen-bond acceptors (Lipinski definition) is 5. The van der Waals surface area contributed by atoms with E-state index < -0.39 is 0 Å². The number of benzene rings is 1. The summed E-state index contributed by atoms with van der Waals surface area (Å²) in [5.41, 5.74) is 11.8. The third kappa shape index (κ3) is 3.79. The van der Waals surface area contributed by atoms with Gasteiger partial charge in [-0.1, -0.05) is 24.3 Å². The van der Waals surface area contributed by atoms with E-state index in [0.29, 0.717) is 17.8 Å². The van der Waals surface area contributed by atoms with E-state index in [4.69, 9.17) is 17.3 Å². The van der Waals surface area contributed by atoms with Gasteiger partial charge in [0.1, 0.15) is 11.5 Å². The van der Waals surface area contributed by atoms with Crippen LogP contribution < -0.4 is 5.73 Å². The topological polar surface area (TPSA) is 77.8 Å². The first kappa shape index (κ1) is 20.7. The summed E-state index contributed by atoms with van der Waals surface area (Å²) < 4.78 is 4.05. The minimum absolute atomic E-state index is 0.181. The maximum Gasteiger partial charge on any atom is 0.226 e. The molecule has 0 radical (unpaired) electrons. The molecule has 7 nitrogen and oxygen atoms in total. The van der Waals surface area contributed by atoms with Crippen LogP contribution in [0, 0.1) is 0 Å². The molecule has 1 aliphatic carbocycles. The van der Waals surface area contributed by atoms with E-state index in [1.807, 2.05) is 19.3 Å². The highest BCUT2D eigenvalue weighted by Gasteiger charge is 2.30. The smallest absolute Gasteiger partial charge is 0.226 e. The predicted octanol–water partition coefficient (Wildman–Crippen LogP) is 4.78. The number of nitrogen functional groups attached to an aromatic ring is 1. The number of aryl methyl sites for hydroxylation is 1. The van der Waals surface area contributed by atoms with Gasteiger partial charge in [0.2, 0.25) is 5.28 Å². The number of nitrogens with two attached hydrogens (primary N) is 1. The van der Waals surface area contributed by atoms with Gasteiger partial charge >= 0.3 is 0 Å². The molecule has 1 saturated heterocycles. The Balaban J connectivity index is 1.32. The lowest BCUT2D eigenvalue weighted by atomic mass is 9.95. The molecule has 2 N–H and O–H groups in total. The van der Waals surface area contributed by atoms with Crippen LogP contribution >= 0.6 is 11.6 Å². The average molecular weight is 462 g/mol. The molecule has 2 fully saturated rings. The van der Waals surface area contributed by atoms with Gasteiger partial charge in [0, 0.05) is 37.6 Å². The van der Waals surface area contributed by atoms with E-state index in [-0.39, 0.29) is 5.28 Å². The normalized spacial score (nSPS) is 21.0. The maximum absolute atomic E-state index is 6.32. The molecule has 6 rings (SSSR count). The van der Waals surface area contributed by atoms with Crippen molar-refractivity contribution in [2.75, 3.05) is 18.8 Å². The lowest BCUT2D eigenvalue weighted by Crippen LogP contribution is -2.36. The molecule has 1 saturated carbocycles. The van der Waals surface area contributed by atoms with Crippen molar-refractivity contribution in [3.05, 3.63) is 59.1 Å². The van der Waals surface area contributed by atoms with Gasteiger partial charge in [-0.3, -0.25) is 9.58 Å². The molecule has 8 heteroatoms. The number of rotatable bonds is 5. The number of fused-ring (bicyclic) bond motifs is 1. The van der Waals surface area contributed by atoms with Crippen molar-refractivity contribution in [3.63, 3.8) is 0 Å². The molecule has 0 bridgehead atoms. The Kier molecular flexibility index (Phi) is 5.11. The Hall–Kier alpha value is -2.90. The summed E-state index contributed by atoms with van der Waals surface area (Å²) >= 11 is 6.22. The molecule has 0 spiro atoms. The second-order valence-electron chi connectivity index (χ2n) is 9.44. The van der Waals surface area contributed by atoms with Crippen molar-refractivity contribution in [2.45, 2.75) is 44.2 Å². The average Bonchev–Trinajstić information content (AvgIpc) is 3.49. The molecule has 2 unspecified atom stereocenters. The molecule has 2 atom stereocenters. The highest BCUT2D eigenvalue weighted by molar-refractivity contribution is 6.29. The summed E-state index contributed by atoms with van der Waals surface area (Å²) in [6.45, 7) is 3.51. The SMILES string of the molecule is Cn1ccc(-c2cn(C3CCC(c4cccc(CN5CCC5)c4)C3)c3nc(Cl)nc(N)c23)n1. The van der Waals surface area contributed by atoms with Crippen LogP contribution in [0.2, 0.25) is 5.28 Å². The van der Waals surface area contributed by atoms with Gasteiger partial charge in [-0.2, -0.15) is 10.1 Å². The summed E-state index contributed by atoms with van der Waals surface area (Å²) in [6, 6.07) is 11.5. The molecule has 1 aromatic carbocycles. The number of anilines is 1. The molecule has 33 heavy (non-hydrogen) atoms. The van der Waals surface area contributed by atoms with Crippen molar-refractivity contribution in [1.29, 1.82) is 0 Å². The minimum atomic E-state index is 0.181. The lowest BCUT2D eigenvalue weighted by molar-refractivity contribution is 0.172. The molecular weight excluding hydrogens is 434 g/mol. The number of hydrogen-bond donors (Lipinski definition) is 1. The van der Waals surface area contributed by atoms with Gasteiger partial charge in [-0.25, -0.2) is 4.98 Å². The molecule has 0 amide bonds. The van der Waals surface area contributed by atoms with Crippen LogP contribution in [0.15, 0.2) is 42.7 Å². The third-order valence-electron chi connectivity index (χ3n) is 7.24. The van der Waals surface area contributed by atoms with Gasteiger partial charge in [0.05, 0.1) is 11.1 Å². The monoisotopic (exact) mass is 461 g/mol.